The number of phenolic OH excluding ortho intramolecular Hbond substituents is 1. The number of aryl methyl sites for hydroxylation is 1. The maximum Gasteiger partial charge on any atom is 0.196 e. The van der Waals surface area contributed by atoms with Gasteiger partial charge in [-0.1, -0.05) is 60.2 Å². The van der Waals surface area contributed by atoms with Crippen molar-refractivity contribution in [3.8, 4) is 17.1 Å². The van der Waals surface area contributed by atoms with Gasteiger partial charge in [0.1, 0.15) is 17.1 Å². The summed E-state index contributed by atoms with van der Waals surface area (Å²) in [4.78, 5) is 13.2. The molecule has 3 nitrogen and oxygen atoms in total. The quantitative estimate of drug-likeness (QED) is 0.566. The van der Waals surface area contributed by atoms with Gasteiger partial charge in [-0.25, -0.2) is 0 Å². The summed E-state index contributed by atoms with van der Waals surface area (Å²) >= 11 is 0. The Labute approximate surface area is 151 Å². The van der Waals surface area contributed by atoms with Gasteiger partial charge in [0, 0.05) is 17.5 Å². The van der Waals surface area contributed by atoms with Crippen LogP contribution in [0.5, 0.6) is 5.75 Å². The van der Waals surface area contributed by atoms with Gasteiger partial charge in [-0.05, 0) is 30.7 Å². The third kappa shape index (κ3) is 2.88. The minimum Gasteiger partial charge on any atom is -0.508 e. The number of benzene rings is 3. The largest absolute Gasteiger partial charge is 0.508 e. The van der Waals surface area contributed by atoms with E-state index in [1.165, 1.54) is 0 Å². The highest BCUT2D eigenvalue weighted by atomic mass is 16.3. The van der Waals surface area contributed by atoms with E-state index in [2.05, 4.69) is 0 Å². The topological polar surface area (TPSA) is 50.4 Å². The van der Waals surface area contributed by atoms with Gasteiger partial charge in [-0.3, -0.25) is 4.79 Å². The van der Waals surface area contributed by atoms with Crippen LogP contribution in [0.3, 0.4) is 0 Å². The monoisotopic (exact) mass is 342 g/mol. The van der Waals surface area contributed by atoms with E-state index < -0.39 is 0 Å². The molecular weight excluding hydrogens is 324 g/mol. The second kappa shape index (κ2) is 6.52. The van der Waals surface area contributed by atoms with Crippen molar-refractivity contribution < 1.29 is 9.52 Å². The molecule has 0 aliphatic rings. The summed E-state index contributed by atoms with van der Waals surface area (Å²) in [6.45, 7) is 1.96. The van der Waals surface area contributed by atoms with Gasteiger partial charge >= 0.3 is 0 Å². The summed E-state index contributed by atoms with van der Waals surface area (Å²) in [6.07, 6.45) is 0.310. The zero-order chi connectivity index (χ0) is 18.1. The van der Waals surface area contributed by atoms with Gasteiger partial charge in [0.25, 0.3) is 0 Å². The second-order valence-electron chi connectivity index (χ2n) is 6.41. The Balaban J connectivity index is 1.98. The van der Waals surface area contributed by atoms with Gasteiger partial charge in [0.05, 0.1) is 5.39 Å². The smallest absolute Gasteiger partial charge is 0.196 e. The van der Waals surface area contributed by atoms with E-state index in [-0.39, 0.29) is 11.2 Å². The fraction of sp³-hybridized carbons (Fsp3) is 0.0870. The van der Waals surface area contributed by atoms with E-state index in [0.717, 1.165) is 11.1 Å². The normalized spacial score (nSPS) is 11.0. The Morgan fingerprint density at radius 1 is 0.923 bits per heavy atom. The molecule has 0 bridgehead atoms. The predicted octanol–water partition coefficient (Wildman–Crippen LogP) is 5.06. The maximum atomic E-state index is 13.2. The molecule has 1 aromatic heterocycles. The second-order valence-corrected chi connectivity index (χ2v) is 6.41. The Hall–Kier alpha value is -3.33. The number of aromatic hydroxyl groups is 1. The summed E-state index contributed by atoms with van der Waals surface area (Å²) in [5.74, 6) is 0.734. The van der Waals surface area contributed by atoms with Crippen molar-refractivity contribution in [3.05, 3.63) is 99.7 Å². The standard InChI is InChI=1S/C23H18O3/c1-15-11-12-20(24)17(13-15)14-19-22(25)18-9-5-6-10-21(18)26-23(19)16-7-3-2-4-8-16/h2-13,24H,14H2,1H3. The third-order valence-electron chi connectivity index (χ3n) is 4.53. The van der Waals surface area contributed by atoms with Crippen molar-refractivity contribution in [1.82, 2.24) is 0 Å². The van der Waals surface area contributed by atoms with E-state index in [1.807, 2.05) is 61.5 Å². The van der Waals surface area contributed by atoms with Crippen molar-refractivity contribution >= 4 is 11.0 Å². The first-order chi connectivity index (χ1) is 12.6. The predicted molar refractivity (Wildman–Crippen MR) is 104 cm³/mol. The first-order valence-corrected chi connectivity index (χ1v) is 8.52. The van der Waals surface area contributed by atoms with E-state index in [0.29, 0.717) is 34.3 Å². The number of fused-ring (bicyclic) bond motifs is 1. The molecule has 3 heteroatoms. The molecule has 0 atom stereocenters. The number of hydrogen-bond donors (Lipinski definition) is 1. The third-order valence-corrected chi connectivity index (χ3v) is 4.53. The maximum absolute atomic E-state index is 13.2. The van der Waals surface area contributed by atoms with Crippen LogP contribution in [0.4, 0.5) is 0 Å². The van der Waals surface area contributed by atoms with E-state index >= 15 is 0 Å². The molecule has 4 rings (SSSR count). The lowest BCUT2D eigenvalue weighted by molar-refractivity contribution is 0.469. The number of hydrogen-bond acceptors (Lipinski definition) is 3. The Bertz CT molecular complexity index is 1140. The molecule has 1 N–H and O–H groups in total. The zero-order valence-corrected chi connectivity index (χ0v) is 14.4. The minimum absolute atomic E-state index is 0.0633. The minimum atomic E-state index is -0.0633. The van der Waals surface area contributed by atoms with Crippen LogP contribution in [-0.4, -0.2) is 5.11 Å². The van der Waals surface area contributed by atoms with Crippen LogP contribution >= 0.6 is 0 Å². The van der Waals surface area contributed by atoms with Crippen molar-refractivity contribution in [2.75, 3.05) is 0 Å². The van der Waals surface area contributed by atoms with E-state index in [4.69, 9.17) is 4.42 Å². The average molecular weight is 342 g/mol. The number of rotatable bonds is 3. The molecule has 0 spiro atoms. The van der Waals surface area contributed by atoms with Crippen LogP contribution in [0.1, 0.15) is 16.7 Å². The molecule has 0 fully saturated rings. The number of phenols is 1. The molecule has 0 radical (unpaired) electrons. The van der Waals surface area contributed by atoms with Crippen molar-refractivity contribution in [2.24, 2.45) is 0 Å². The first-order valence-electron chi connectivity index (χ1n) is 8.52. The van der Waals surface area contributed by atoms with Gasteiger partial charge < -0.3 is 9.52 Å². The molecule has 26 heavy (non-hydrogen) atoms. The van der Waals surface area contributed by atoms with Gasteiger partial charge in [-0.2, -0.15) is 0 Å². The van der Waals surface area contributed by atoms with Crippen molar-refractivity contribution in [1.29, 1.82) is 0 Å². The summed E-state index contributed by atoms with van der Waals surface area (Å²) in [6, 6.07) is 22.3. The Morgan fingerprint density at radius 3 is 2.46 bits per heavy atom. The molecule has 1 heterocycles. The van der Waals surface area contributed by atoms with Crippen LogP contribution in [0.2, 0.25) is 0 Å². The summed E-state index contributed by atoms with van der Waals surface area (Å²) < 4.78 is 6.12. The molecule has 128 valence electrons. The van der Waals surface area contributed by atoms with Gasteiger partial charge in [0.15, 0.2) is 5.43 Å². The molecule has 4 aromatic rings. The summed E-state index contributed by atoms with van der Waals surface area (Å²) in [5, 5.41) is 10.8. The molecule has 0 aliphatic carbocycles. The van der Waals surface area contributed by atoms with Crippen LogP contribution in [0, 0.1) is 6.92 Å². The fourth-order valence-electron chi connectivity index (χ4n) is 3.21. The van der Waals surface area contributed by atoms with E-state index in [9.17, 15) is 9.90 Å². The molecule has 0 saturated carbocycles. The molecular formula is C23H18O3. The SMILES string of the molecule is Cc1ccc(O)c(Cc2c(-c3ccccc3)oc3ccccc3c2=O)c1. The highest BCUT2D eigenvalue weighted by Crippen LogP contribution is 2.29. The lowest BCUT2D eigenvalue weighted by Crippen LogP contribution is -2.12. The average Bonchev–Trinajstić information content (AvgIpc) is 2.67. The number of para-hydroxylation sites is 1. The lowest BCUT2D eigenvalue weighted by atomic mass is 9.97. The Kier molecular flexibility index (Phi) is 4.05. The van der Waals surface area contributed by atoms with Crippen LogP contribution < -0.4 is 5.43 Å². The van der Waals surface area contributed by atoms with Gasteiger partial charge in [-0.15, -0.1) is 0 Å². The molecule has 0 amide bonds. The highest BCUT2D eigenvalue weighted by Gasteiger charge is 2.17. The molecule has 0 aliphatic heterocycles. The summed E-state index contributed by atoms with van der Waals surface area (Å²) in [7, 11) is 0. The fourth-order valence-corrected chi connectivity index (χ4v) is 3.21. The van der Waals surface area contributed by atoms with Crippen LogP contribution in [0.25, 0.3) is 22.3 Å². The zero-order valence-electron chi connectivity index (χ0n) is 14.4. The Morgan fingerprint density at radius 2 is 1.65 bits per heavy atom. The first kappa shape index (κ1) is 16.2. The highest BCUT2D eigenvalue weighted by molar-refractivity contribution is 5.80. The summed E-state index contributed by atoms with van der Waals surface area (Å²) in [5.41, 5.74) is 3.64. The van der Waals surface area contributed by atoms with Crippen LogP contribution in [-0.2, 0) is 6.42 Å². The van der Waals surface area contributed by atoms with E-state index in [1.54, 1.807) is 18.2 Å². The van der Waals surface area contributed by atoms with Crippen LogP contribution in [0.15, 0.2) is 82.0 Å². The van der Waals surface area contributed by atoms with Crippen molar-refractivity contribution in [2.45, 2.75) is 13.3 Å². The van der Waals surface area contributed by atoms with Crippen molar-refractivity contribution in [3.63, 3.8) is 0 Å². The molecule has 3 aromatic carbocycles. The lowest BCUT2D eigenvalue weighted by Gasteiger charge is -2.12. The van der Waals surface area contributed by atoms with Gasteiger partial charge in [0.2, 0.25) is 0 Å². The molecule has 0 saturated heterocycles. The molecule has 0 unspecified atom stereocenters.